The second kappa shape index (κ2) is 4.27. The Morgan fingerprint density at radius 2 is 1.79 bits per heavy atom. The van der Waals surface area contributed by atoms with Crippen LogP contribution in [0.25, 0.3) is 0 Å². The standard InChI is InChI=1S/C12H14NO/c14-12(10-6-4-5-7-10)13-11-8-2-1-3-9-11/h1-3,8-10H,4-7H2. The van der Waals surface area contributed by atoms with Gasteiger partial charge in [-0.2, -0.15) is 0 Å². The molecule has 73 valence electrons. The summed E-state index contributed by atoms with van der Waals surface area (Å²) >= 11 is 0. The Bertz CT molecular complexity index is 301. The molecule has 0 unspecified atom stereocenters. The molecule has 0 spiro atoms. The number of hydrogen-bond donors (Lipinski definition) is 0. The van der Waals surface area contributed by atoms with Gasteiger partial charge in [-0.3, -0.25) is 4.79 Å². The summed E-state index contributed by atoms with van der Waals surface area (Å²) < 4.78 is 0. The number of para-hydroxylation sites is 1. The molecule has 1 radical (unpaired) electrons. The van der Waals surface area contributed by atoms with Crippen molar-refractivity contribution in [2.75, 3.05) is 0 Å². The normalized spacial score (nSPS) is 16.9. The number of rotatable bonds is 2. The van der Waals surface area contributed by atoms with Crippen molar-refractivity contribution in [3.05, 3.63) is 30.3 Å². The number of benzene rings is 1. The van der Waals surface area contributed by atoms with Crippen LogP contribution in [0, 0.1) is 5.92 Å². The molecule has 0 saturated heterocycles. The molecule has 0 atom stereocenters. The fraction of sp³-hybridized carbons (Fsp3) is 0.417. The van der Waals surface area contributed by atoms with E-state index in [0.717, 1.165) is 18.5 Å². The van der Waals surface area contributed by atoms with E-state index in [9.17, 15) is 4.79 Å². The molecule has 1 aromatic carbocycles. The Kier molecular flexibility index (Phi) is 2.82. The molecule has 1 saturated carbocycles. The van der Waals surface area contributed by atoms with E-state index in [-0.39, 0.29) is 11.8 Å². The maximum Gasteiger partial charge on any atom is 0.249 e. The predicted molar refractivity (Wildman–Crippen MR) is 55.2 cm³/mol. The highest BCUT2D eigenvalue weighted by atomic mass is 16.1. The van der Waals surface area contributed by atoms with E-state index >= 15 is 0 Å². The smallest absolute Gasteiger partial charge is 0.249 e. The van der Waals surface area contributed by atoms with Crippen LogP contribution >= 0.6 is 0 Å². The van der Waals surface area contributed by atoms with Gasteiger partial charge in [-0.25, -0.2) is 5.32 Å². The first-order chi connectivity index (χ1) is 6.86. The van der Waals surface area contributed by atoms with Crippen molar-refractivity contribution in [2.45, 2.75) is 25.7 Å². The summed E-state index contributed by atoms with van der Waals surface area (Å²) in [6.45, 7) is 0. The van der Waals surface area contributed by atoms with Gasteiger partial charge in [0.15, 0.2) is 0 Å². The first-order valence-electron chi connectivity index (χ1n) is 5.17. The van der Waals surface area contributed by atoms with Crippen LogP contribution in [0.1, 0.15) is 25.7 Å². The van der Waals surface area contributed by atoms with Gasteiger partial charge in [0, 0.05) is 5.92 Å². The molecule has 2 heteroatoms. The third-order valence-corrected chi connectivity index (χ3v) is 2.70. The Morgan fingerprint density at radius 3 is 2.43 bits per heavy atom. The first-order valence-corrected chi connectivity index (χ1v) is 5.17. The lowest BCUT2D eigenvalue weighted by Gasteiger charge is -2.06. The molecule has 14 heavy (non-hydrogen) atoms. The summed E-state index contributed by atoms with van der Waals surface area (Å²) in [5, 5.41) is 4.10. The summed E-state index contributed by atoms with van der Waals surface area (Å²) in [7, 11) is 0. The molecule has 0 bridgehead atoms. The van der Waals surface area contributed by atoms with Crippen LogP contribution in [0.3, 0.4) is 0 Å². The molecule has 0 aromatic heterocycles. The zero-order valence-corrected chi connectivity index (χ0v) is 8.15. The SMILES string of the molecule is O=C([N]c1ccccc1)C1CCCC1. The highest BCUT2D eigenvalue weighted by Crippen LogP contribution is 2.25. The van der Waals surface area contributed by atoms with Gasteiger partial charge in [0.2, 0.25) is 5.91 Å². The summed E-state index contributed by atoms with van der Waals surface area (Å²) in [5.41, 5.74) is 0.782. The lowest BCUT2D eigenvalue weighted by atomic mass is 10.1. The zero-order chi connectivity index (χ0) is 9.80. The predicted octanol–water partition coefficient (Wildman–Crippen LogP) is 2.64. The highest BCUT2D eigenvalue weighted by Gasteiger charge is 2.23. The van der Waals surface area contributed by atoms with Crippen LogP contribution < -0.4 is 5.32 Å². The summed E-state index contributed by atoms with van der Waals surface area (Å²) in [5.74, 6) is 0.254. The van der Waals surface area contributed by atoms with Gasteiger partial charge >= 0.3 is 0 Å². The van der Waals surface area contributed by atoms with E-state index in [1.54, 1.807) is 0 Å². The van der Waals surface area contributed by atoms with Crippen LogP contribution in [-0.4, -0.2) is 5.91 Å². The average molecular weight is 188 g/mol. The van der Waals surface area contributed by atoms with E-state index in [1.165, 1.54) is 12.8 Å². The maximum absolute atomic E-state index is 11.6. The quantitative estimate of drug-likeness (QED) is 0.702. The Hall–Kier alpha value is -1.31. The molecule has 1 amide bonds. The van der Waals surface area contributed by atoms with Crippen molar-refractivity contribution >= 4 is 11.6 Å². The van der Waals surface area contributed by atoms with E-state index < -0.39 is 0 Å². The van der Waals surface area contributed by atoms with Crippen molar-refractivity contribution in [1.29, 1.82) is 0 Å². The highest BCUT2D eigenvalue weighted by molar-refractivity contribution is 5.82. The molecule has 2 rings (SSSR count). The van der Waals surface area contributed by atoms with Crippen LogP contribution in [-0.2, 0) is 4.79 Å². The Labute approximate surface area is 84.3 Å². The van der Waals surface area contributed by atoms with Crippen molar-refractivity contribution in [1.82, 2.24) is 5.32 Å². The molecule has 0 heterocycles. The zero-order valence-electron chi connectivity index (χ0n) is 8.15. The van der Waals surface area contributed by atoms with Gasteiger partial charge in [0.25, 0.3) is 0 Å². The van der Waals surface area contributed by atoms with Gasteiger partial charge in [0.1, 0.15) is 0 Å². The molecule has 1 fully saturated rings. The first kappa shape index (κ1) is 9.25. The lowest BCUT2D eigenvalue weighted by molar-refractivity contribution is -0.123. The van der Waals surface area contributed by atoms with E-state index in [4.69, 9.17) is 0 Å². The second-order valence-electron chi connectivity index (χ2n) is 3.77. The molecular formula is C12H14NO. The maximum atomic E-state index is 11.6. The van der Waals surface area contributed by atoms with Gasteiger partial charge < -0.3 is 0 Å². The Morgan fingerprint density at radius 1 is 1.14 bits per heavy atom. The minimum absolute atomic E-state index is 0.0636. The molecule has 1 aliphatic rings. The van der Waals surface area contributed by atoms with E-state index in [2.05, 4.69) is 5.32 Å². The van der Waals surface area contributed by atoms with Crippen molar-refractivity contribution < 1.29 is 4.79 Å². The minimum atomic E-state index is 0.0636. The number of amides is 1. The third-order valence-electron chi connectivity index (χ3n) is 2.70. The molecular weight excluding hydrogens is 174 g/mol. The second-order valence-corrected chi connectivity index (χ2v) is 3.77. The number of carbonyl (C=O) groups is 1. The van der Waals surface area contributed by atoms with Crippen LogP contribution in [0.4, 0.5) is 5.69 Å². The van der Waals surface area contributed by atoms with Gasteiger partial charge in [-0.15, -0.1) is 0 Å². The third kappa shape index (κ3) is 2.13. The number of nitrogens with zero attached hydrogens (tertiary/aromatic N) is 1. The summed E-state index contributed by atoms with van der Waals surface area (Å²) in [4.78, 5) is 11.6. The summed E-state index contributed by atoms with van der Waals surface area (Å²) in [6, 6.07) is 9.47. The fourth-order valence-electron chi connectivity index (χ4n) is 1.89. The molecule has 0 N–H and O–H groups in total. The fourth-order valence-corrected chi connectivity index (χ4v) is 1.89. The molecule has 0 aliphatic heterocycles. The monoisotopic (exact) mass is 188 g/mol. The van der Waals surface area contributed by atoms with Crippen molar-refractivity contribution in [3.63, 3.8) is 0 Å². The van der Waals surface area contributed by atoms with Gasteiger partial charge in [-0.1, -0.05) is 31.0 Å². The molecule has 1 aliphatic carbocycles. The van der Waals surface area contributed by atoms with Crippen LogP contribution in [0.2, 0.25) is 0 Å². The van der Waals surface area contributed by atoms with Gasteiger partial charge in [-0.05, 0) is 25.0 Å². The minimum Gasteiger partial charge on any atom is -0.272 e. The van der Waals surface area contributed by atoms with Crippen LogP contribution in [0.5, 0.6) is 0 Å². The van der Waals surface area contributed by atoms with Crippen molar-refractivity contribution in [3.8, 4) is 0 Å². The number of hydrogen-bond acceptors (Lipinski definition) is 1. The molecule has 2 nitrogen and oxygen atoms in total. The Balaban J connectivity index is 1.94. The number of carbonyl (C=O) groups excluding carboxylic acids is 1. The van der Waals surface area contributed by atoms with E-state index in [0.29, 0.717) is 0 Å². The van der Waals surface area contributed by atoms with E-state index in [1.807, 2.05) is 30.3 Å². The lowest BCUT2D eigenvalue weighted by Crippen LogP contribution is -2.19. The average Bonchev–Trinajstić information content (AvgIpc) is 2.72. The van der Waals surface area contributed by atoms with Gasteiger partial charge in [0.05, 0.1) is 5.69 Å². The summed E-state index contributed by atoms with van der Waals surface area (Å²) in [6.07, 6.45) is 4.41. The largest absolute Gasteiger partial charge is 0.272 e. The topological polar surface area (TPSA) is 31.2 Å². The van der Waals surface area contributed by atoms with Crippen LogP contribution in [0.15, 0.2) is 30.3 Å². The molecule has 1 aromatic rings. The van der Waals surface area contributed by atoms with Crippen molar-refractivity contribution in [2.24, 2.45) is 5.92 Å².